The molecule has 2 aromatic rings. The molecule has 64 valence electrons. The van der Waals surface area contributed by atoms with Gasteiger partial charge in [0.05, 0.1) is 0 Å². The Morgan fingerprint density at radius 2 is 1.85 bits per heavy atom. The Bertz CT molecular complexity index is 451. The first-order valence-corrected chi connectivity index (χ1v) is 3.70. The summed E-state index contributed by atoms with van der Waals surface area (Å²) in [5.41, 5.74) is -0.242. The molecule has 13 heavy (non-hydrogen) atoms. The molecule has 0 aliphatic heterocycles. The Labute approximate surface area is 73.7 Å². The van der Waals surface area contributed by atoms with Crippen LogP contribution in [0.3, 0.4) is 0 Å². The molecule has 0 amide bonds. The van der Waals surface area contributed by atoms with Crippen LogP contribution in [0.5, 0.6) is 0 Å². The Kier molecular flexibility index (Phi) is 1.84. The van der Waals surface area contributed by atoms with E-state index in [1.807, 2.05) is 0 Å². The van der Waals surface area contributed by atoms with Gasteiger partial charge in [0.25, 0.3) is 11.5 Å². The van der Waals surface area contributed by atoms with E-state index in [-0.39, 0.29) is 11.5 Å². The number of aromatic nitrogens is 4. The van der Waals surface area contributed by atoms with Gasteiger partial charge < -0.3 is 0 Å². The summed E-state index contributed by atoms with van der Waals surface area (Å²) in [5.74, 6) is 0.285. The molecular formula is C8H6N4O. The van der Waals surface area contributed by atoms with E-state index in [4.69, 9.17) is 0 Å². The van der Waals surface area contributed by atoms with Crippen LogP contribution >= 0.6 is 0 Å². The average molecular weight is 174 g/mol. The molecule has 0 radical (unpaired) electrons. The van der Waals surface area contributed by atoms with Crippen LogP contribution in [0.1, 0.15) is 0 Å². The van der Waals surface area contributed by atoms with Crippen LogP contribution in [0.4, 0.5) is 0 Å². The highest BCUT2D eigenvalue weighted by Gasteiger charge is 1.99. The molecule has 0 saturated heterocycles. The molecule has 5 heteroatoms. The van der Waals surface area contributed by atoms with Gasteiger partial charge in [-0.25, -0.2) is 9.97 Å². The molecule has 2 rings (SSSR count). The maximum atomic E-state index is 11.2. The Morgan fingerprint density at radius 1 is 1.08 bits per heavy atom. The zero-order chi connectivity index (χ0) is 9.10. The van der Waals surface area contributed by atoms with Crippen LogP contribution in [0, 0.1) is 0 Å². The highest BCUT2D eigenvalue weighted by Crippen LogP contribution is 1.89. The van der Waals surface area contributed by atoms with Crippen molar-refractivity contribution >= 4 is 0 Å². The van der Waals surface area contributed by atoms with Gasteiger partial charge in [0.1, 0.15) is 0 Å². The molecule has 5 nitrogen and oxygen atoms in total. The number of nitrogens with zero attached hydrogens (tertiary/aromatic N) is 4. The topological polar surface area (TPSA) is 60.7 Å². The largest absolute Gasteiger partial charge is 0.274 e. The van der Waals surface area contributed by atoms with Gasteiger partial charge in [0.2, 0.25) is 0 Å². The van der Waals surface area contributed by atoms with Crippen LogP contribution in [0.25, 0.3) is 5.95 Å². The van der Waals surface area contributed by atoms with Gasteiger partial charge in [-0.15, -0.1) is 0 Å². The van der Waals surface area contributed by atoms with Gasteiger partial charge in [-0.1, -0.05) is 0 Å². The minimum atomic E-state index is -0.242. The highest BCUT2D eigenvalue weighted by atomic mass is 16.1. The van der Waals surface area contributed by atoms with Crippen LogP contribution in [-0.2, 0) is 0 Å². The first-order valence-electron chi connectivity index (χ1n) is 3.70. The zero-order valence-electron chi connectivity index (χ0n) is 6.66. The van der Waals surface area contributed by atoms with E-state index in [0.717, 1.165) is 4.68 Å². The minimum absolute atomic E-state index is 0.242. The lowest BCUT2D eigenvalue weighted by atomic mass is 10.6. The molecule has 2 heterocycles. The van der Waals surface area contributed by atoms with Crippen molar-refractivity contribution in [2.24, 2.45) is 0 Å². The Balaban J connectivity index is 2.60. The summed E-state index contributed by atoms with van der Waals surface area (Å²) in [7, 11) is 0. The third-order valence-corrected chi connectivity index (χ3v) is 1.46. The summed E-state index contributed by atoms with van der Waals surface area (Å²) in [6, 6.07) is 4.66. The molecule has 0 fully saturated rings. The maximum Gasteiger partial charge on any atom is 0.274 e. The minimum Gasteiger partial charge on any atom is -0.267 e. The lowest BCUT2D eigenvalue weighted by Gasteiger charge is -1.98. The summed E-state index contributed by atoms with van der Waals surface area (Å²) in [6.07, 6.45) is 4.63. The van der Waals surface area contributed by atoms with Crippen LogP contribution in [-0.4, -0.2) is 19.7 Å². The van der Waals surface area contributed by atoms with Gasteiger partial charge in [-0.3, -0.25) is 4.79 Å². The maximum absolute atomic E-state index is 11.2. The van der Waals surface area contributed by atoms with Gasteiger partial charge in [0.15, 0.2) is 0 Å². The fourth-order valence-corrected chi connectivity index (χ4v) is 0.909. The molecule has 0 saturated carbocycles. The summed E-state index contributed by atoms with van der Waals surface area (Å²) in [4.78, 5) is 19.0. The van der Waals surface area contributed by atoms with Crippen LogP contribution in [0.2, 0.25) is 0 Å². The predicted octanol–water partition coefficient (Wildman–Crippen LogP) is 0.0225. The first-order chi connectivity index (χ1) is 6.38. The second-order valence-electron chi connectivity index (χ2n) is 2.32. The van der Waals surface area contributed by atoms with E-state index in [9.17, 15) is 4.79 Å². The lowest BCUT2D eigenvalue weighted by molar-refractivity contribution is 0.751. The van der Waals surface area contributed by atoms with Gasteiger partial charge in [-0.05, 0) is 12.1 Å². The molecule has 2 aromatic heterocycles. The monoisotopic (exact) mass is 174 g/mol. The molecule has 0 atom stereocenters. The van der Waals surface area contributed by atoms with Crippen molar-refractivity contribution < 1.29 is 0 Å². The third kappa shape index (κ3) is 1.44. The quantitative estimate of drug-likeness (QED) is 0.611. The normalized spacial score (nSPS) is 9.85. The SMILES string of the molecule is O=c1cccnn1-c1ncccn1. The second kappa shape index (κ2) is 3.14. The number of rotatable bonds is 1. The fraction of sp³-hybridized carbons (Fsp3) is 0. The van der Waals surface area contributed by atoms with Crippen molar-refractivity contribution in [2.45, 2.75) is 0 Å². The van der Waals surface area contributed by atoms with Crippen LogP contribution < -0.4 is 5.56 Å². The van der Waals surface area contributed by atoms with Gasteiger partial charge in [0, 0.05) is 24.7 Å². The lowest BCUT2D eigenvalue weighted by Crippen LogP contribution is -2.21. The molecule has 0 aromatic carbocycles. The van der Waals surface area contributed by atoms with Gasteiger partial charge >= 0.3 is 0 Å². The molecule has 0 aliphatic rings. The Morgan fingerprint density at radius 3 is 2.54 bits per heavy atom. The predicted molar refractivity (Wildman–Crippen MR) is 45.4 cm³/mol. The van der Waals surface area contributed by atoms with Crippen molar-refractivity contribution in [3.63, 3.8) is 0 Å². The van der Waals surface area contributed by atoms with E-state index in [2.05, 4.69) is 15.1 Å². The summed E-state index contributed by atoms with van der Waals surface area (Å²) in [6.45, 7) is 0. The van der Waals surface area contributed by atoms with Gasteiger partial charge in [-0.2, -0.15) is 9.78 Å². The van der Waals surface area contributed by atoms with E-state index in [1.54, 1.807) is 24.5 Å². The van der Waals surface area contributed by atoms with Crippen molar-refractivity contribution in [1.29, 1.82) is 0 Å². The van der Waals surface area contributed by atoms with E-state index >= 15 is 0 Å². The number of hydrogen-bond donors (Lipinski definition) is 0. The molecule has 0 unspecified atom stereocenters. The second-order valence-corrected chi connectivity index (χ2v) is 2.32. The fourth-order valence-electron chi connectivity index (χ4n) is 0.909. The number of hydrogen-bond acceptors (Lipinski definition) is 4. The van der Waals surface area contributed by atoms with E-state index < -0.39 is 0 Å². The zero-order valence-corrected chi connectivity index (χ0v) is 6.66. The molecular weight excluding hydrogens is 168 g/mol. The standard InChI is InChI=1S/C8H6N4O/c13-7-3-1-6-11-12(7)8-9-4-2-5-10-8/h1-6H. The third-order valence-electron chi connectivity index (χ3n) is 1.46. The molecule has 0 spiro atoms. The molecule has 0 aliphatic carbocycles. The smallest absolute Gasteiger partial charge is 0.267 e. The molecule has 0 bridgehead atoms. The summed E-state index contributed by atoms with van der Waals surface area (Å²) < 4.78 is 1.14. The van der Waals surface area contributed by atoms with Crippen molar-refractivity contribution in [3.05, 3.63) is 47.1 Å². The van der Waals surface area contributed by atoms with Crippen molar-refractivity contribution in [1.82, 2.24) is 19.7 Å². The summed E-state index contributed by atoms with van der Waals surface area (Å²) >= 11 is 0. The van der Waals surface area contributed by atoms with Crippen molar-refractivity contribution in [3.8, 4) is 5.95 Å². The summed E-state index contributed by atoms with van der Waals surface area (Å²) in [5, 5.41) is 3.83. The first kappa shape index (κ1) is 7.60. The van der Waals surface area contributed by atoms with Crippen LogP contribution in [0.15, 0.2) is 41.6 Å². The van der Waals surface area contributed by atoms with E-state index in [1.165, 1.54) is 12.3 Å². The van der Waals surface area contributed by atoms with Crippen molar-refractivity contribution in [2.75, 3.05) is 0 Å². The Hall–Kier alpha value is -2.04. The van der Waals surface area contributed by atoms with E-state index in [0.29, 0.717) is 0 Å². The molecule has 0 N–H and O–H groups in total. The average Bonchev–Trinajstić information content (AvgIpc) is 2.20. The highest BCUT2D eigenvalue weighted by molar-refractivity contribution is 5.07.